The summed E-state index contributed by atoms with van der Waals surface area (Å²) in [5.74, 6) is -0.397. The Morgan fingerprint density at radius 2 is 1.90 bits per heavy atom. The first-order valence-corrected chi connectivity index (χ1v) is 8.49. The molecule has 1 N–H and O–H groups in total. The molecule has 0 atom stereocenters. The quantitative estimate of drug-likeness (QED) is 0.843. The van der Waals surface area contributed by atoms with E-state index in [1.165, 1.54) is 16.4 Å². The van der Waals surface area contributed by atoms with Crippen molar-refractivity contribution >= 4 is 15.9 Å². The lowest BCUT2D eigenvalue weighted by molar-refractivity contribution is 0.0954. The summed E-state index contributed by atoms with van der Waals surface area (Å²) in [6, 6.07) is 6.33. The van der Waals surface area contributed by atoms with Gasteiger partial charge < -0.3 is 5.32 Å². The van der Waals surface area contributed by atoms with E-state index in [2.05, 4.69) is 11.9 Å². The van der Waals surface area contributed by atoms with Crippen LogP contribution >= 0.6 is 0 Å². The fourth-order valence-electron chi connectivity index (χ4n) is 2.38. The Kier molecular flexibility index (Phi) is 5.14. The van der Waals surface area contributed by atoms with Crippen LogP contribution < -0.4 is 5.32 Å². The Morgan fingerprint density at radius 1 is 1.24 bits per heavy atom. The molecule has 0 aliphatic carbocycles. The topological polar surface area (TPSA) is 66.5 Å². The lowest BCUT2D eigenvalue weighted by Gasteiger charge is -2.26. The Bertz CT molecular complexity index is 620. The van der Waals surface area contributed by atoms with Crippen molar-refractivity contribution in [2.45, 2.75) is 24.2 Å². The minimum absolute atomic E-state index is 0.0773. The highest BCUT2D eigenvalue weighted by molar-refractivity contribution is 7.89. The minimum Gasteiger partial charge on any atom is -0.349 e. The molecule has 1 amide bonds. The molecule has 114 valence electrons. The lowest BCUT2D eigenvalue weighted by atomic mass is 10.2. The highest BCUT2D eigenvalue weighted by Crippen LogP contribution is 2.23. The number of sulfonamides is 1. The van der Waals surface area contributed by atoms with Crippen LogP contribution in [-0.2, 0) is 10.0 Å². The highest BCUT2D eigenvalue weighted by Gasteiger charge is 2.29. The van der Waals surface area contributed by atoms with E-state index in [0.717, 1.165) is 19.3 Å². The van der Waals surface area contributed by atoms with Crippen molar-refractivity contribution in [3.63, 3.8) is 0 Å². The summed E-state index contributed by atoms with van der Waals surface area (Å²) in [4.78, 5) is 12.2. The molecule has 21 heavy (non-hydrogen) atoms. The van der Waals surface area contributed by atoms with E-state index in [1.807, 2.05) is 0 Å². The predicted molar refractivity (Wildman–Crippen MR) is 81.6 cm³/mol. The summed E-state index contributed by atoms with van der Waals surface area (Å²) < 4.78 is 26.9. The van der Waals surface area contributed by atoms with Crippen molar-refractivity contribution in [1.82, 2.24) is 9.62 Å². The standard InChI is InChI=1S/C15H20N2O3S/c1-2-10-16-15(18)13-8-4-5-9-14(13)21(19,20)17-11-6-3-7-12-17/h2,4-5,8-9H,1,3,6-7,10-12H2,(H,16,18). The summed E-state index contributed by atoms with van der Waals surface area (Å²) in [6.07, 6.45) is 4.33. The number of piperidine rings is 1. The maximum Gasteiger partial charge on any atom is 0.252 e. The number of carbonyl (C=O) groups excluding carboxylic acids is 1. The molecule has 6 heteroatoms. The third-order valence-electron chi connectivity index (χ3n) is 3.47. The normalized spacial score (nSPS) is 16.4. The molecular formula is C15H20N2O3S. The Hall–Kier alpha value is -1.66. The molecule has 1 saturated heterocycles. The Balaban J connectivity index is 2.34. The molecule has 0 aromatic heterocycles. The van der Waals surface area contributed by atoms with Gasteiger partial charge in [0.05, 0.1) is 10.5 Å². The number of amides is 1. The van der Waals surface area contributed by atoms with Crippen LogP contribution in [0.3, 0.4) is 0 Å². The van der Waals surface area contributed by atoms with Crippen LogP contribution in [0.25, 0.3) is 0 Å². The van der Waals surface area contributed by atoms with Gasteiger partial charge in [0.1, 0.15) is 0 Å². The van der Waals surface area contributed by atoms with Gasteiger partial charge in [0, 0.05) is 19.6 Å². The summed E-state index contributed by atoms with van der Waals surface area (Å²) in [6.45, 7) is 4.87. The van der Waals surface area contributed by atoms with Crippen LogP contribution in [-0.4, -0.2) is 38.3 Å². The minimum atomic E-state index is -3.62. The maximum absolute atomic E-state index is 12.7. The van der Waals surface area contributed by atoms with E-state index in [-0.39, 0.29) is 10.5 Å². The summed E-state index contributed by atoms with van der Waals surface area (Å²) in [7, 11) is -3.62. The van der Waals surface area contributed by atoms with Gasteiger partial charge in [0.2, 0.25) is 10.0 Å². The zero-order valence-corrected chi connectivity index (χ0v) is 12.7. The summed E-state index contributed by atoms with van der Waals surface area (Å²) >= 11 is 0. The van der Waals surface area contributed by atoms with Crippen LogP contribution in [0.4, 0.5) is 0 Å². The number of hydrogen-bond acceptors (Lipinski definition) is 3. The average molecular weight is 308 g/mol. The molecule has 2 rings (SSSR count). The SMILES string of the molecule is C=CCNC(=O)c1ccccc1S(=O)(=O)N1CCCCC1. The van der Waals surface area contributed by atoms with Crippen LogP contribution in [0, 0.1) is 0 Å². The van der Waals surface area contributed by atoms with Crippen LogP contribution in [0.1, 0.15) is 29.6 Å². The lowest BCUT2D eigenvalue weighted by Crippen LogP contribution is -2.37. The van der Waals surface area contributed by atoms with E-state index >= 15 is 0 Å². The molecule has 1 heterocycles. The highest BCUT2D eigenvalue weighted by atomic mass is 32.2. The van der Waals surface area contributed by atoms with E-state index in [4.69, 9.17) is 0 Å². The van der Waals surface area contributed by atoms with Crippen LogP contribution in [0.2, 0.25) is 0 Å². The van der Waals surface area contributed by atoms with E-state index in [1.54, 1.807) is 18.2 Å². The molecule has 0 radical (unpaired) electrons. The van der Waals surface area contributed by atoms with Gasteiger partial charge in [0.15, 0.2) is 0 Å². The smallest absolute Gasteiger partial charge is 0.252 e. The third-order valence-corrected chi connectivity index (χ3v) is 5.43. The Labute approximate surface area is 125 Å². The second kappa shape index (κ2) is 6.87. The number of hydrogen-bond donors (Lipinski definition) is 1. The van der Waals surface area contributed by atoms with Gasteiger partial charge in [-0.1, -0.05) is 24.6 Å². The fourth-order valence-corrected chi connectivity index (χ4v) is 4.09. The fraction of sp³-hybridized carbons (Fsp3) is 0.400. The molecule has 1 aliphatic heterocycles. The van der Waals surface area contributed by atoms with E-state index in [0.29, 0.717) is 19.6 Å². The molecule has 1 aliphatic rings. The summed E-state index contributed by atoms with van der Waals surface area (Å²) in [5.41, 5.74) is 0.185. The second-order valence-corrected chi connectivity index (χ2v) is 6.87. The van der Waals surface area contributed by atoms with E-state index < -0.39 is 15.9 Å². The van der Waals surface area contributed by atoms with Gasteiger partial charge in [-0.2, -0.15) is 4.31 Å². The van der Waals surface area contributed by atoms with Crippen LogP contribution in [0.15, 0.2) is 41.8 Å². The number of rotatable bonds is 5. The number of benzene rings is 1. The van der Waals surface area contributed by atoms with Crippen molar-refractivity contribution in [2.24, 2.45) is 0 Å². The maximum atomic E-state index is 12.7. The molecule has 0 saturated carbocycles. The van der Waals surface area contributed by atoms with E-state index in [9.17, 15) is 13.2 Å². The molecular weight excluding hydrogens is 288 g/mol. The van der Waals surface area contributed by atoms with Gasteiger partial charge in [-0.25, -0.2) is 8.42 Å². The molecule has 0 spiro atoms. The molecule has 5 nitrogen and oxygen atoms in total. The van der Waals surface area contributed by atoms with Gasteiger partial charge in [0.25, 0.3) is 5.91 Å². The van der Waals surface area contributed by atoms with Crippen molar-refractivity contribution in [1.29, 1.82) is 0 Å². The monoisotopic (exact) mass is 308 g/mol. The summed E-state index contributed by atoms with van der Waals surface area (Å²) in [5, 5.41) is 2.62. The molecule has 1 aromatic rings. The average Bonchev–Trinajstić information content (AvgIpc) is 2.53. The zero-order chi connectivity index (χ0) is 15.3. The van der Waals surface area contributed by atoms with Crippen molar-refractivity contribution in [3.8, 4) is 0 Å². The van der Waals surface area contributed by atoms with Crippen molar-refractivity contribution in [3.05, 3.63) is 42.5 Å². The Morgan fingerprint density at radius 3 is 2.57 bits per heavy atom. The van der Waals surface area contributed by atoms with Gasteiger partial charge >= 0.3 is 0 Å². The van der Waals surface area contributed by atoms with Gasteiger partial charge in [-0.15, -0.1) is 6.58 Å². The van der Waals surface area contributed by atoms with Crippen molar-refractivity contribution < 1.29 is 13.2 Å². The van der Waals surface area contributed by atoms with Gasteiger partial charge in [-0.05, 0) is 25.0 Å². The first kappa shape index (κ1) is 15.7. The van der Waals surface area contributed by atoms with Crippen molar-refractivity contribution in [2.75, 3.05) is 19.6 Å². The molecule has 1 fully saturated rings. The van der Waals surface area contributed by atoms with Gasteiger partial charge in [-0.3, -0.25) is 4.79 Å². The molecule has 0 unspecified atom stereocenters. The largest absolute Gasteiger partial charge is 0.349 e. The second-order valence-electron chi connectivity index (χ2n) is 4.96. The number of nitrogens with zero attached hydrogens (tertiary/aromatic N) is 1. The first-order valence-electron chi connectivity index (χ1n) is 7.05. The molecule has 0 bridgehead atoms. The first-order chi connectivity index (χ1) is 10.1. The number of carbonyl (C=O) groups is 1. The third kappa shape index (κ3) is 3.51. The zero-order valence-electron chi connectivity index (χ0n) is 11.9. The number of nitrogens with one attached hydrogen (secondary N) is 1. The predicted octanol–water partition coefficient (Wildman–Crippen LogP) is 1.78. The van der Waals surface area contributed by atoms with Crippen LogP contribution in [0.5, 0.6) is 0 Å². The molecule has 1 aromatic carbocycles.